The number of hydrogen-bond acceptors (Lipinski definition) is 5. The first kappa shape index (κ1) is 15.9. The van der Waals surface area contributed by atoms with Crippen molar-refractivity contribution in [3.8, 4) is 11.5 Å². The van der Waals surface area contributed by atoms with Gasteiger partial charge in [0.2, 0.25) is 0 Å². The number of aliphatic hydroxyl groups is 1. The third-order valence-electron chi connectivity index (χ3n) is 3.42. The molecule has 3 rings (SSSR count). The molecule has 0 fully saturated rings. The molecule has 2 heterocycles. The van der Waals surface area contributed by atoms with E-state index in [1.165, 1.54) is 6.20 Å². The van der Waals surface area contributed by atoms with Gasteiger partial charge in [-0.05, 0) is 31.5 Å². The second kappa shape index (κ2) is 6.25. The van der Waals surface area contributed by atoms with Gasteiger partial charge in [0.05, 0.1) is 23.3 Å². The first-order valence-electron chi connectivity index (χ1n) is 7.45. The smallest absolute Gasteiger partial charge is 0.271 e. The SMILES string of the molecule is Cc1ccc2nc(-c3nc(C(=O)NCC(C)O)cnc3[NH])[nH]c2c1. The van der Waals surface area contributed by atoms with E-state index in [-0.39, 0.29) is 23.8 Å². The number of amides is 1. The Bertz CT molecular complexity index is 903. The number of aliphatic hydroxyl groups excluding tert-OH is 1. The highest BCUT2D eigenvalue weighted by Gasteiger charge is 2.16. The van der Waals surface area contributed by atoms with Gasteiger partial charge in [0.15, 0.2) is 17.3 Å². The van der Waals surface area contributed by atoms with Crippen LogP contribution in [0, 0.1) is 6.92 Å². The first-order valence-corrected chi connectivity index (χ1v) is 7.45. The van der Waals surface area contributed by atoms with Gasteiger partial charge in [-0.15, -0.1) is 0 Å². The van der Waals surface area contributed by atoms with Crippen molar-refractivity contribution in [1.82, 2.24) is 31.0 Å². The van der Waals surface area contributed by atoms with Crippen molar-refractivity contribution in [1.29, 1.82) is 0 Å². The fraction of sp³-hybridized carbons (Fsp3) is 0.250. The van der Waals surface area contributed by atoms with Gasteiger partial charge >= 0.3 is 0 Å². The summed E-state index contributed by atoms with van der Waals surface area (Å²) in [6, 6.07) is 5.77. The zero-order valence-electron chi connectivity index (χ0n) is 13.3. The lowest BCUT2D eigenvalue weighted by Gasteiger charge is -2.07. The summed E-state index contributed by atoms with van der Waals surface area (Å²) in [5.41, 5.74) is 10.9. The van der Waals surface area contributed by atoms with Crippen LogP contribution in [0.2, 0.25) is 0 Å². The summed E-state index contributed by atoms with van der Waals surface area (Å²) in [6.45, 7) is 3.66. The maximum absolute atomic E-state index is 12.0. The van der Waals surface area contributed by atoms with Crippen LogP contribution in [-0.2, 0) is 0 Å². The first-order chi connectivity index (χ1) is 11.4. The van der Waals surface area contributed by atoms with Crippen LogP contribution in [0.15, 0.2) is 24.4 Å². The van der Waals surface area contributed by atoms with Crippen LogP contribution in [-0.4, -0.2) is 43.6 Å². The number of aryl methyl sites for hydroxylation is 1. The zero-order chi connectivity index (χ0) is 17.3. The van der Waals surface area contributed by atoms with E-state index in [0.29, 0.717) is 5.82 Å². The van der Waals surface area contributed by atoms with Gasteiger partial charge in [-0.2, -0.15) is 0 Å². The molecular formula is C16H17N6O2. The number of nitrogens with one attached hydrogen (secondary N) is 3. The average molecular weight is 325 g/mol. The summed E-state index contributed by atoms with van der Waals surface area (Å²) in [6.07, 6.45) is 0.575. The number of fused-ring (bicyclic) bond motifs is 1. The molecule has 123 valence electrons. The Balaban J connectivity index is 1.97. The molecule has 0 spiro atoms. The Labute approximate surface area is 138 Å². The third-order valence-corrected chi connectivity index (χ3v) is 3.42. The van der Waals surface area contributed by atoms with E-state index in [9.17, 15) is 9.90 Å². The molecule has 1 unspecified atom stereocenters. The number of hydrogen-bond donors (Lipinski definition) is 3. The largest absolute Gasteiger partial charge is 0.392 e. The van der Waals surface area contributed by atoms with Crippen LogP contribution in [0.25, 0.3) is 22.6 Å². The number of H-pyrrole nitrogens is 1. The highest BCUT2D eigenvalue weighted by molar-refractivity contribution is 5.93. The number of carbonyl (C=O) groups excluding carboxylic acids is 1. The summed E-state index contributed by atoms with van der Waals surface area (Å²) >= 11 is 0. The molecule has 4 N–H and O–H groups in total. The molecule has 0 saturated carbocycles. The van der Waals surface area contributed by atoms with Crippen molar-refractivity contribution in [2.75, 3.05) is 6.54 Å². The van der Waals surface area contributed by atoms with Gasteiger partial charge in [0.1, 0.15) is 5.69 Å². The molecule has 0 bridgehead atoms. The van der Waals surface area contributed by atoms with E-state index in [0.717, 1.165) is 16.6 Å². The topological polar surface area (TPSA) is 128 Å². The number of imidazole rings is 1. The van der Waals surface area contributed by atoms with Crippen LogP contribution in [0.5, 0.6) is 0 Å². The number of aromatic amines is 1. The molecule has 0 aliphatic rings. The van der Waals surface area contributed by atoms with Gasteiger partial charge in [-0.25, -0.2) is 15.0 Å². The standard InChI is InChI=1S/C16H17N6O2/c1-8-3-4-10-11(5-8)22-15(21-10)13-14(17)18-7-12(20-13)16(24)19-6-9(2)23/h3-5,7,9,17,23H,6H2,1-2H3,(H,19,24)(H,21,22). The van der Waals surface area contributed by atoms with Gasteiger partial charge < -0.3 is 15.4 Å². The lowest BCUT2D eigenvalue weighted by molar-refractivity contribution is 0.0919. The maximum atomic E-state index is 12.0. The summed E-state index contributed by atoms with van der Waals surface area (Å²) in [5, 5.41) is 11.8. The lowest BCUT2D eigenvalue weighted by atomic mass is 10.2. The van der Waals surface area contributed by atoms with Gasteiger partial charge in [-0.3, -0.25) is 10.5 Å². The Kier molecular flexibility index (Phi) is 4.13. The minimum Gasteiger partial charge on any atom is -0.392 e. The summed E-state index contributed by atoms with van der Waals surface area (Å²) in [5.74, 6) is -0.146. The average Bonchev–Trinajstić information content (AvgIpc) is 2.95. The van der Waals surface area contributed by atoms with Crippen molar-refractivity contribution in [2.45, 2.75) is 20.0 Å². The second-order valence-electron chi connectivity index (χ2n) is 5.62. The number of aromatic nitrogens is 4. The molecule has 8 heteroatoms. The predicted octanol–water partition coefficient (Wildman–Crippen LogP) is 1.35. The zero-order valence-corrected chi connectivity index (χ0v) is 13.3. The summed E-state index contributed by atoms with van der Waals surface area (Å²) < 4.78 is 0. The Morgan fingerprint density at radius 2 is 2.21 bits per heavy atom. The Morgan fingerprint density at radius 3 is 2.96 bits per heavy atom. The monoisotopic (exact) mass is 325 g/mol. The highest BCUT2D eigenvalue weighted by atomic mass is 16.3. The molecule has 24 heavy (non-hydrogen) atoms. The van der Waals surface area contributed by atoms with Crippen molar-refractivity contribution >= 4 is 22.8 Å². The van der Waals surface area contributed by atoms with Crippen LogP contribution in [0.3, 0.4) is 0 Å². The van der Waals surface area contributed by atoms with Crippen LogP contribution in [0.1, 0.15) is 23.0 Å². The van der Waals surface area contributed by atoms with E-state index in [4.69, 9.17) is 5.73 Å². The molecule has 0 saturated heterocycles. The van der Waals surface area contributed by atoms with Crippen LogP contribution in [0.4, 0.5) is 5.82 Å². The molecule has 8 nitrogen and oxygen atoms in total. The van der Waals surface area contributed by atoms with Crippen LogP contribution < -0.4 is 11.1 Å². The molecule has 2 aromatic heterocycles. The molecular weight excluding hydrogens is 308 g/mol. The maximum Gasteiger partial charge on any atom is 0.271 e. The van der Waals surface area contributed by atoms with Gasteiger partial charge in [-0.1, -0.05) is 6.07 Å². The van der Waals surface area contributed by atoms with E-state index >= 15 is 0 Å². The number of carbonyl (C=O) groups is 1. The minimum atomic E-state index is -0.657. The molecule has 1 radical (unpaired) electrons. The predicted molar refractivity (Wildman–Crippen MR) is 88.6 cm³/mol. The molecule has 1 amide bonds. The van der Waals surface area contributed by atoms with E-state index in [2.05, 4.69) is 25.3 Å². The molecule has 0 aliphatic carbocycles. The molecule has 0 aliphatic heterocycles. The fourth-order valence-electron chi connectivity index (χ4n) is 2.23. The normalized spacial score (nSPS) is 12.3. The second-order valence-corrected chi connectivity index (χ2v) is 5.62. The Hall–Kier alpha value is -3.00. The van der Waals surface area contributed by atoms with Crippen molar-refractivity contribution < 1.29 is 9.90 Å². The quantitative estimate of drug-likeness (QED) is 0.667. The fourth-order valence-corrected chi connectivity index (χ4v) is 2.23. The highest BCUT2D eigenvalue weighted by Crippen LogP contribution is 2.24. The van der Waals surface area contributed by atoms with Gasteiger partial charge in [0.25, 0.3) is 5.91 Å². The molecule has 3 aromatic rings. The molecule has 1 atom stereocenters. The number of rotatable bonds is 4. The number of nitrogens with zero attached hydrogens (tertiary/aromatic N) is 3. The Morgan fingerprint density at radius 1 is 1.42 bits per heavy atom. The van der Waals surface area contributed by atoms with Gasteiger partial charge in [0, 0.05) is 6.54 Å². The third kappa shape index (κ3) is 3.18. The summed E-state index contributed by atoms with van der Waals surface area (Å²) in [4.78, 5) is 27.7. The van der Waals surface area contributed by atoms with E-state index in [1.807, 2.05) is 25.1 Å². The summed E-state index contributed by atoms with van der Waals surface area (Å²) in [7, 11) is 0. The van der Waals surface area contributed by atoms with Crippen molar-refractivity contribution in [3.05, 3.63) is 35.7 Å². The lowest BCUT2D eigenvalue weighted by Crippen LogP contribution is -2.31. The van der Waals surface area contributed by atoms with Crippen molar-refractivity contribution in [2.24, 2.45) is 0 Å². The number of benzene rings is 1. The van der Waals surface area contributed by atoms with Crippen LogP contribution >= 0.6 is 0 Å². The van der Waals surface area contributed by atoms with Crippen molar-refractivity contribution in [3.63, 3.8) is 0 Å². The minimum absolute atomic E-state index is 0.0679. The van der Waals surface area contributed by atoms with E-state index in [1.54, 1.807) is 6.92 Å². The van der Waals surface area contributed by atoms with E-state index < -0.39 is 12.0 Å². The molecule has 1 aromatic carbocycles.